The second kappa shape index (κ2) is 7.64. The molecule has 0 aliphatic heterocycles. The van der Waals surface area contributed by atoms with E-state index in [1.807, 2.05) is 30.3 Å². The molecular formula is C17H16N2O3. The highest BCUT2D eigenvalue weighted by Gasteiger charge is 2.15. The molecule has 2 rings (SSSR count). The largest absolute Gasteiger partial charge is 0.459 e. The Balaban J connectivity index is 2.21. The van der Waals surface area contributed by atoms with Gasteiger partial charge in [0, 0.05) is 6.54 Å². The summed E-state index contributed by atoms with van der Waals surface area (Å²) < 4.78 is 5.02. The second-order valence-corrected chi connectivity index (χ2v) is 4.40. The molecule has 22 heavy (non-hydrogen) atoms. The summed E-state index contributed by atoms with van der Waals surface area (Å²) in [4.78, 5) is 24.2. The number of benzene rings is 1. The molecule has 0 atom stereocenters. The number of amides is 2. The van der Waals surface area contributed by atoms with Gasteiger partial charge >= 0.3 is 0 Å². The normalized spacial score (nSPS) is 10.8. The molecule has 0 spiro atoms. The Morgan fingerprint density at radius 1 is 1.14 bits per heavy atom. The van der Waals surface area contributed by atoms with Crippen LogP contribution in [-0.2, 0) is 4.79 Å². The molecule has 2 N–H and O–H groups in total. The van der Waals surface area contributed by atoms with Crippen molar-refractivity contribution in [3.63, 3.8) is 0 Å². The number of rotatable bonds is 6. The molecule has 1 aromatic carbocycles. The van der Waals surface area contributed by atoms with Crippen molar-refractivity contribution in [1.29, 1.82) is 0 Å². The molecule has 0 saturated heterocycles. The van der Waals surface area contributed by atoms with E-state index in [2.05, 4.69) is 17.2 Å². The minimum atomic E-state index is -0.485. The maximum atomic E-state index is 12.1. The van der Waals surface area contributed by atoms with E-state index < -0.39 is 11.8 Å². The molecule has 2 amide bonds. The number of carbonyl (C=O) groups is 2. The van der Waals surface area contributed by atoms with E-state index >= 15 is 0 Å². The minimum Gasteiger partial charge on any atom is -0.459 e. The molecule has 112 valence electrons. The summed E-state index contributed by atoms with van der Waals surface area (Å²) in [6, 6.07) is 12.4. The van der Waals surface area contributed by atoms with Crippen LogP contribution in [0, 0.1) is 0 Å². The maximum Gasteiger partial charge on any atom is 0.291 e. The Kier molecular flexibility index (Phi) is 5.31. The fourth-order valence-electron chi connectivity index (χ4n) is 1.73. The first kappa shape index (κ1) is 15.3. The van der Waals surface area contributed by atoms with Crippen LogP contribution in [0.4, 0.5) is 0 Å². The van der Waals surface area contributed by atoms with Gasteiger partial charge in [-0.15, -0.1) is 6.58 Å². The Labute approximate surface area is 128 Å². The third kappa shape index (κ3) is 4.21. The highest BCUT2D eigenvalue weighted by molar-refractivity contribution is 6.04. The van der Waals surface area contributed by atoms with Crippen LogP contribution in [0.1, 0.15) is 16.1 Å². The van der Waals surface area contributed by atoms with Crippen LogP contribution in [0.15, 0.2) is 71.5 Å². The summed E-state index contributed by atoms with van der Waals surface area (Å²) in [7, 11) is 0. The van der Waals surface area contributed by atoms with Gasteiger partial charge in [-0.2, -0.15) is 0 Å². The van der Waals surface area contributed by atoms with Crippen molar-refractivity contribution < 1.29 is 14.0 Å². The summed E-state index contributed by atoms with van der Waals surface area (Å²) in [5.74, 6) is -0.750. The predicted molar refractivity (Wildman–Crippen MR) is 83.8 cm³/mol. The van der Waals surface area contributed by atoms with Crippen molar-refractivity contribution in [1.82, 2.24) is 10.6 Å². The smallest absolute Gasteiger partial charge is 0.291 e. The van der Waals surface area contributed by atoms with Gasteiger partial charge in [-0.05, 0) is 23.8 Å². The first-order valence-electron chi connectivity index (χ1n) is 6.71. The fourth-order valence-corrected chi connectivity index (χ4v) is 1.73. The summed E-state index contributed by atoms with van der Waals surface area (Å²) in [6.07, 6.45) is 4.55. The zero-order valence-corrected chi connectivity index (χ0v) is 11.9. The van der Waals surface area contributed by atoms with Crippen molar-refractivity contribution in [3.8, 4) is 0 Å². The molecule has 0 unspecified atom stereocenters. The number of carbonyl (C=O) groups excluding carboxylic acids is 2. The number of nitrogens with one attached hydrogen (secondary N) is 2. The van der Waals surface area contributed by atoms with Crippen LogP contribution in [0.2, 0.25) is 0 Å². The lowest BCUT2D eigenvalue weighted by molar-refractivity contribution is -0.117. The molecule has 0 fully saturated rings. The zero-order valence-electron chi connectivity index (χ0n) is 11.9. The molecule has 2 aromatic rings. The topological polar surface area (TPSA) is 71.3 Å². The Morgan fingerprint density at radius 3 is 2.55 bits per heavy atom. The number of furan rings is 1. The quantitative estimate of drug-likeness (QED) is 0.635. The molecule has 1 heterocycles. The highest BCUT2D eigenvalue weighted by atomic mass is 16.3. The van der Waals surface area contributed by atoms with E-state index in [0.717, 1.165) is 5.56 Å². The Morgan fingerprint density at radius 2 is 1.91 bits per heavy atom. The van der Waals surface area contributed by atoms with Crippen LogP contribution in [0.3, 0.4) is 0 Å². The van der Waals surface area contributed by atoms with Crippen molar-refractivity contribution in [3.05, 3.63) is 78.4 Å². The predicted octanol–water partition coefficient (Wildman–Crippen LogP) is 2.35. The van der Waals surface area contributed by atoms with E-state index in [-0.39, 0.29) is 11.5 Å². The van der Waals surface area contributed by atoms with Gasteiger partial charge < -0.3 is 15.1 Å². The van der Waals surface area contributed by atoms with E-state index in [0.29, 0.717) is 6.54 Å². The summed E-state index contributed by atoms with van der Waals surface area (Å²) in [5, 5.41) is 5.19. The summed E-state index contributed by atoms with van der Waals surface area (Å²) in [6.45, 7) is 3.85. The van der Waals surface area contributed by atoms with Gasteiger partial charge in [0.15, 0.2) is 5.76 Å². The van der Waals surface area contributed by atoms with Crippen molar-refractivity contribution in [2.24, 2.45) is 0 Å². The Hall–Kier alpha value is -3.08. The SMILES string of the molecule is C=CCNC(=O)/C(=C\c1ccccc1)NC(=O)c1ccco1. The van der Waals surface area contributed by atoms with E-state index in [4.69, 9.17) is 4.42 Å². The highest BCUT2D eigenvalue weighted by Crippen LogP contribution is 2.07. The summed E-state index contributed by atoms with van der Waals surface area (Å²) >= 11 is 0. The van der Waals surface area contributed by atoms with Gasteiger partial charge in [-0.25, -0.2) is 0 Å². The fraction of sp³-hybridized carbons (Fsp3) is 0.0588. The van der Waals surface area contributed by atoms with Crippen LogP contribution in [-0.4, -0.2) is 18.4 Å². The van der Waals surface area contributed by atoms with Crippen molar-refractivity contribution in [2.45, 2.75) is 0 Å². The van der Waals surface area contributed by atoms with Crippen molar-refractivity contribution in [2.75, 3.05) is 6.54 Å². The van der Waals surface area contributed by atoms with E-state index in [1.165, 1.54) is 12.3 Å². The molecule has 0 aliphatic carbocycles. The van der Waals surface area contributed by atoms with Gasteiger partial charge in [-0.3, -0.25) is 9.59 Å². The molecule has 0 bridgehead atoms. The van der Waals surface area contributed by atoms with Gasteiger partial charge in [0.25, 0.3) is 11.8 Å². The average molecular weight is 296 g/mol. The number of hydrogen-bond donors (Lipinski definition) is 2. The van der Waals surface area contributed by atoms with Gasteiger partial charge in [-0.1, -0.05) is 36.4 Å². The molecule has 0 saturated carbocycles. The second-order valence-electron chi connectivity index (χ2n) is 4.40. The van der Waals surface area contributed by atoms with Crippen molar-refractivity contribution >= 4 is 17.9 Å². The zero-order chi connectivity index (χ0) is 15.8. The lowest BCUT2D eigenvalue weighted by Gasteiger charge is -2.09. The van der Waals surface area contributed by atoms with Crippen LogP contribution >= 0.6 is 0 Å². The first-order chi connectivity index (χ1) is 10.7. The van der Waals surface area contributed by atoms with E-state index in [9.17, 15) is 9.59 Å². The first-order valence-corrected chi connectivity index (χ1v) is 6.71. The van der Waals surface area contributed by atoms with E-state index in [1.54, 1.807) is 18.2 Å². The monoisotopic (exact) mass is 296 g/mol. The van der Waals surface area contributed by atoms with Gasteiger partial charge in [0.2, 0.25) is 0 Å². The lowest BCUT2D eigenvalue weighted by atomic mass is 10.2. The third-order valence-corrected chi connectivity index (χ3v) is 2.76. The third-order valence-electron chi connectivity index (χ3n) is 2.76. The molecule has 5 heteroatoms. The molecule has 1 aromatic heterocycles. The van der Waals surface area contributed by atoms with Crippen LogP contribution in [0.25, 0.3) is 6.08 Å². The molecule has 0 radical (unpaired) electrons. The lowest BCUT2D eigenvalue weighted by Crippen LogP contribution is -2.34. The van der Waals surface area contributed by atoms with Crippen LogP contribution in [0.5, 0.6) is 0 Å². The average Bonchev–Trinajstić information content (AvgIpc) is 3.07. The van der Waals surface area contributed by atoms with Gasteiger partial charge in [0.1, 0.15) is 5.70 Å². The number of hydrogen-bond acceptors (Lipinski definition) is 3. The molecule has 5 nitrogen and oxygen atoms in total. The van der Waals surface area contributed by atoms with Crippen LogP contribution < -0.4 is 10.6 Å². The van der Waals surface area contributed by atoms with Gasteiger partial charge in [0.05, 0.1) is 6.26 Å². The molecule has 0 aliphatic rings. The maximum absolute atomic E-state index is 12.1. The molecular weight excluding hydrogens is 280 g/mol. The standard InChI is InChI=1S/C17H16N2O3/c1-2-10-18-16(20)14(12-13-7-4-3-5-8-13)19-17(21)15-9-6-11-22-15/h2-9,11-12H,1,10H2,(H,18,20)(H,19,21)/b14-12+. The minimum absolute atomic E-state index is 0.134. The Bertz CT molecular complexity index is 673. The summed E-state index contributed by atoms with van der Waals surface area (Å²) in [5.41, 5.74) is 0.931.